The molecule has 8 nitrogen and oxygen atoms in total. The summed E-state index contributed by atoms with van der Waals surface area (Å²) in [5.74, 6) is -1.81. The zero-order chi connectivity index (χ0) is 19.4. The normalized spacial score (nSPS) is 11.6. The van der Waals surface area contributed by atoms with Crippen LogP contribution in [0.3, 0.4) is 0 Å². The van der Waals surface area contributed by atoms with Crippen molar-refractivity contribution in [2.45, 2.75) is 26.1 Å². The molecule has 0 aliphatic rings. The smallest absolute Gasteiger partial charge is 0.349 e. The first-order valence-corrected chi connectivity index (χ1v) is 8.04. The molecule has 0 saturated heterocycles. The van der Waals surface area contributed by atoms with Gasteiger partial charge in [-0.1, -0.05) is 36.3 Å². The Morgan fingerprint density at radius 1 is 1.26 bits per heavy atom. The van der Waals surface area contributed by atoms with Crippen molar-refractivity contribution in [3.05, 3.63) is 47.9 Å². The number of hydrogen-bond donors (Lipinski definition) is 1. The minimum absolute atomic E-state index is 0.0755. The van der Waals surface area contributed by atoms with Gasteiger partial charge in [-0.25, -0.2) is 9.67 Å². The lowest BCUT2D eigenvalue weighted by atomic mass is 10.1. The van der Waals surface area contributed by atoms with Crippen molar-refractivity contribution in [2.24, 2.45) is 0 Å². The van der Waals surface area contributed by atoms with E-state index in [4.69, 9.17) is 0 Å². The van der Waals surface area contributed by atoms with Gasteiger partial charge >= 0.3 is 12.1 Å². The van der Waals surface area contributed by atoms with Crippen molar-refractivity contribution in [3.63, 3.8) is 0 Å². The Labute approximate surface area is 151 Å². The molecule has 0 radical (unpaired) electrons. The van der Waals surface area contributed by atoms with Crippen LogP contribution in [0.15, 0.2) is 35.1 Å². The van der Waals surface area contributed by atoms with Crippen molar-refractivity contribution >= 4 is 5.91 Å². The second-order valence-corrected chi connectivity index (χ2v) is 5.64. The summed E-state index contributed by atoms with van der Waals surface area (Å²) in [7, 11) is 0. The van der Waals surface area contributed by atoms with Crippen molar-refractivity contribution in [2.75, 3.05) is 6.54 Å². The molecule has 27 heavy (non-hydrogen) atoms. The highest BCUT2D eigenvalue weighted by molar-refractivity contribution is 5.90. The van der Waals surface area contributed by atoms with E-state index in [0.717, 1.165) is 12.0 Å². The number of amides is 1. The van der Waals surface area contributed by atoms with E-state index in [1.807, 2.05) is 6.92 Å². The Morgan fingerprint density at radius 2 is 2.00 bits per heavy atom. The Hall–Kier alpha value is -3.24. The number of aromatic nitrogens is 5. The van der Waals surface area contributed by atoms with Gasteiger partial charge in [0, 0.05) is 12.1 Å². The highest BCUT2D eigenvalue weighted by Gasteiger charge is 2.38. The molecule has 0 spiro atoms. The van der Waals surface area contributed by atoms with E-state index in [1.54, 1.807) is 24.3 Å². The molecule has 0 saturated carbocycles. The molecule has 1 N–H and O–H groups in total. The summed E-state index contributed by atoms with van der Waals surface area (Å²) in [6, 6.07) is 6.53. The molecule has 3 rings (SSSR count). The number of nitrogens with one attached hydrogen (secondary N) is 1. The molecule has 0 fully saturated rings. The van der Waals surface area contributed by atoms with Crippen molar-refractivity contribution in [1.29, 1.82) is 0 Å². The molecule has 2 heterocycles. The van der Waals surface area contributed by atoms with Gasteiger partial charge in [-0.2, -0.15) is 18.2 Å². The minimum atomic E-state index is -4.68. The maximum absolute atomic E-state index is 12.5. The van der Waals surface area contributed by atoms with Crippen LogP contribution in [-0.4, -0.2) is 37.4 Å². The van der Waals surface area contributed by atoms with Crippen molar-refractivity contribution < 1.29 is 22.5 Å². The maximum atomic E-state index is 12.5. The van der Waals surface area contributed by atoms with E-state index in [0.29, 0.717) is 18.7 Å². The van der Waals surface area contributed by atoms with Gasteiger partial charge in [0.15, 0.2) is 0 Å². The summed E-state index contributed by atoms with van der Waals surface area (Å²) in [6.07, 6.45) is -2.44. The van der Waals surface area contributed by atoms with Gasteiger partial charge in [0.2, 0.25) is 11.6 Å². The summed E-state index contributed by atoms with van der Waals surface area (Å²) in [5, 5.41) is 10.1. The van der Waals surface area contributed by atoms with Crippen LogP contribution in [0.2, 0.25) is 0 Å². The first kappa shape index (κ1) is 18.5. The second-order valence-electron chi connectivity index (χ2n) is 5.64. The number of carbonyl (C=O) groups excluding carboxylic acids is 1. The lowest BCUT2D eigenvalue weighted by Crippen LogP contribution is -2.25. The fraction of sp³-hybridized carbons (Fsp3) is 0.312. The molecule has 1 aromatic carbocycles. The van der Waals surface area contributed by atoms with Crippen LogP contribution in [0, 0.1) is 0 Å². The fourth-order valence-corrected chi connectivity index (χ4v) is 2.19. The van der Waals surface area contributed by atoms with Crippen LogP contribution in [-0.2, 0) is 12.7 Å². The lowest BCUT2D eigenvalue weighted by molar-refractivity contribution is -0.159. The Kier molecular flexibility index (Phi) is 5.19. The summed E-state index contributed by atoms with van der Waals surface area (Å²) < 4.78 is 43.2. The molecular formula is C16H15F3N6O2. The quantitative estimate of drug-likeness (QED) is 0.706. The topological polar surface area (TPSA) is 98.7 Å². The molecule has 2 aromatic heterocycles. The molecule has 0 bridgehead atoms. The number of hydrogen-bond acceptors (Lipinski definition) is 6. The van der Waals surface area contributed by atoms with E-state index >= 15 is 0 Å². The van der Waals surface area contributed by atoms with E-state index < -0.39 is 12.1 Å². The lowest BCUT2D eigenvalue weighted by Gasteiger charge is -2.02. The zero-order valence-electron chi connectivity index (χ0n) is 14.2. The van der Waals surface area contributed by atoms with Crippen LogP contribution in [0.1, 0.15) is 35.4 Å². The molecule has 142 valence electrons. The first-order chi connectivity index (χ1) is 12.9. The Morgan fingerprint density at radius 3 is 2.63 bits per heavy atom. The average Bonchev–Trinajstić information content (AvgIpc) is 3.30. The summed E-state index contributed by atoms with van der Waals surface area (Å²) in [6.45, 7) is 2.82. The number of rotatable bonds is 6. The number of nitrogens with zero attached hydrogens (tertiary/aromatic N) is 5. The summed E-state index contributed by atoms with van der Waals surface area (Å²) >= 11 is 0. The highest BCUT2D eigenvalue weighted by atomic mass is 19.4. The number of benzene rings is 1. The van der Waals surface area contributed by atoms with Gasteiger partial charge in [0.25, 0.3) is 5.91 Å². The predicted octanol–water partition coefficient (Wildman–Crippen LogP) is 2.54. The molecule has 3 aromatic rings. The van der Waals surface area contributed by atoms with Crippen molar-refractivity contribution in [3.8, 4) is 11.4 Å². The SMILES string of the molecule is CCCNC(=O)c1ncn(Cc2ccc(-c3noc(C(F)(F)F)n3)cc2)n1. The third-order valence-corrected chi connectivity index (χ3v) is 3.50. The molecule has 0 unspecified atom stereocenters. The summed E-state index contributed by atoms with van der Waals surface area (Å²) in [4.78, 5) is 19.1. The average molecular weight is 380 g/mol. The monoisotopic (exact) mass is 380 g/mol. The Bertz CT molecular complexity index is 917. The molecular weight excluding hydrogens is 365 g/mol. The van der Waals surface area contributed by atoms with Crippen LogP contribution < -0.4 is 5.32 Å². The van der Waals surface area contributed by atoms with E-state index in [9.17, 15) is 18.0 Å². The fourth-order valence-electron chi connectivity index (χ4n) is 2.19. The van der Waals surface area contributed by atoms with Crippen LogP contribution in [0.25, 0.3) is 11.4 Å². The van der Waals surface area contributed by atoms with Gasteiger partial charge in [-0.05, 0) is 12.0 Å². The van der Waals surface area contributed by atoms with Crippen LogP contribution in [0.4, 0.5) is 13.2 Å². The zero-order valence-corrected chi connectivity index (χ0v) is 14.2. The van der Waals surface area contributed by atoms with E-state index in [-0.39, 0.29) is 17.6 Å². The second kappa shape index (κ2) is 7.56. The molecule has 0 aliphatic carbocycles. The molecule has 0 atom stereocenters. The molecule has 0 aliphatic heterocycles. The number of alkyl halides is 3. The number of carbonyl (C=O) groups is 1. The predicted molar refractivity (Wildman–Crippen MR) is 86.5 cm³/mol. The maximum Gasteiger partial charge on any atom is 0.471 e. The van der Waals surface area contributed by atoms with Gasteiger partial charge in [0.1, 0.15) is 6.33 Å². The van der Waals surface area contributed by atoms with Crippen LogP contribution >= 0.6 is 0 Å². The van der Waals surface area contributed by atoms with Gasteiger partial charge in [-0.3, -0.25) is 4.79 Å². The summed E-state index contributed by atoms with van der Waals surface area (Å²) in [5.41, 5.74) is 1.19. The van der Waals surface area contributed by atoms with Gasteiger partial charge in [0.05, 0.1) is 6.54 Å². The first-order valence-electron chi connectivity index (χ1n) is 8.04. The molecule has 1 amide bonds. The van der Waals surface area contributed by atoms with Crippen molar-refractivity contribution in [1.82, 2.24) is 30.2 Å². The van der Waals surface area contributed by atoms with Crippen LogP contribution in [0.5, 0.6) is 0 Å². The van der Waals surface area contributed by atoms with E-state index in [1.165, 1.54) is 11.0 Å². The minimum Gasteiger partial charge on any atom is -0.349 e. The van der Waals surface area contributed by atoms with E-state index in [2.05, 4.69) is 30.1 Å². The molecule has 11 heteroatoms. The van der Waals surface area contributed by atoms with Gasteiger partial charge < -0.3 is 9.84 Å². The Balaban J connectivity index is 1.67. The largest absolute Gasteiger partial charge is 0.471 e. The third kappa shape index (κ3) is 4.49. The van der Waals surface area contributed by atoms with Gasteiger partial charge in [-0.15, -0.1) is 5.10 Å². The highest BCUT2D eigenvalue weighted by Crippen LogP contribution is 2.29. The third-order valence-electron chi connectivity index (χ3n) is 3.50. The standard InChI is InChI=1S/C16H15F3N6O2/c1-2-7-20-14(26)13-21-9-25(23-13)8-10-3-5-11(6-4-10)12-22-15(27-24-12)16(17,18)19/h3-6,9H,2,7-8H2,1H3,(H,20,26). The number of halogens is 3.